The van der Waals surface area contributed by atoms with E-state index in [2.05, 4.69) is 44.5 Å². The number of para-hydroxylation sites is 1. The zero-order valence-corrected chi connectivity index (χ0v) is 31.7. The summed E-state index contributed by atoms with van der Waals surface area (Å²) in [6.07, 6.45) is 0. The summed E-state index contributed by atoms with van der Waals surface area (Å²) in [7, 11) is -3.36. The van der Waals surface area contributed by atoms with E-state index in [4.69, 9.17) is 20.0 Å². The molecule has 6 N–H and O–H groups in total. The van der Waals surface area contributed by atoms with Crippen LogP contribution in [0.1, 0.15) is 0 Å². The third-order valence-electron chi connectivity index (χ3n) is 7.58. The van der Waals surface area contributed by atoms with Crippen molar-refractivity contribution in [2.45, 2.75) is 14.7 Å². The first-order valence-electron chi connectivity index (χ1n) is 15.4. The van der Waals surface area contributed by atoms with Crippen molar-refractivity contribution in [1.29, 1.82) is 0 Å². The summed E-state index contributed by atoms with van der Waals surface area (Å²) in [5.41, 5.74) is 0.743. The van der Waals surface area contributed by atoms with Gasteiger partial charge >= 0.3 is 0 Å². The summed E-state index contributed by atoms with van der Waals surface area (Å²) >= 11 is 1.06. The van der Waals surface area contributed by atoms with Gasteiger partial charge in [0, 0.05) is 50.6 Å². The molecule has 0 spiro atoms. The Hall–Kier alpha value is -5.07. The first kappa shape index (κ1) is 42.1. The van der Waals surface area contributed by atoms with E-state index in [1.165, 1.54) is 43.5 Å². The van der Waals surface area contributed by atoms with Gasteiger partial charge in [-0.05, 0) is 71.4 Å². The van der Waals surface area contributed by atoms with Crippen LogP contribution in [-0.4, -0.2) is 47.5 Å². The molecule has 0 saturated carbocycles. The number of ether oxygens (including phenoxy) is 2. The van der Waals surface area contributed by atoms with Crippen LogP contribution in [0.15, 0.2) is 132 Å². The third kappa shape index (κ3) is 10.2. The fourth-order valence-corrected chi connectivity index (χ4v) is 6.89. The molecule has 0 aliphatic heterocycles. The van der Waals surface area contributed by atoms with Crippen molar-refractivity contribution in [2.75, 3.05) is 19.2 Å². The van der Waals surface area contributed by atoms with Crippen LogP contribution < -0.4 is 14.8 Å². The zero-order valence-electron chi connectivity index (χ0n) is 28.3. The summed E-state index contributed by atoms with van der Waals surface area (Å²) in [5.74, 6) is 0.102. The van der Waals surface area contributed by atoms with Gasteiger partial charge in [-0.3, -0.25) is 4.55 Å². The molecule has 0 bridgehead atoms. The van der Waals surface area contributed by atoms with E-state index in [1.807, 2.05) is 30.3 Å². The summed E-state index contributed by atoms with van der Waals surface area (Å²) < 4.78 is 54.3. The second-order valence-electron chi connectivity index (χ2n) is 11.0. The number of aromatic hydroxyl groups is 2. The molecular weight excluding hydrogens is 846 g/mol. The number of hydrogen-bond donors (Lipinski definition) is 6. The van der Waals surface area contributed by atoms with Crippen molar-refractivity contribution in [3.63, 3.8) is 0 Å². The standard InChI is InChI=1S/C34H27N5O13S3.Cu/c1-47-30-17-27(29(40)16-28(30)38-36-22-8-7-19-12-24(53-51-49-42)15-32(26(19)14-22)55(44,45)46)37-39-33-31(54-52-50-43)13-20-11-21(9-10-25(20)34(33)41)35-18-48-23-5-3-2-4-6-23;/h2-17,35,40-43H,18H2,1H3,(H,44,45,46);. The molecule has 0 amide bonds. The Kier molecular flexibility index (Phi) is 14.4. The Morgan fingerprint density at radius 2 is 1.50 bits per heavy atom. The maximum Gasteiger partial charge on any atom is 0.295 e. The molecule has 0 aliphatic rings. The minimum Gasteiger partial charge on any atom is -0.506 e. The summed E-state index contributed by atoms with van der Waals surface area (Å²) in [6, 6.07) is 25.5. The molecule has 6 aromatic rings. The molecule has 0 saturated heterocycles. The molecule has 0 atom stereocenters. The number of nitrogens with zero attached hydrogens (tertiary/aromatic N) is 4. The number of hydrogen-bond acceptors (Lipinski definition) is 19. The van der Waals surface area contributed by atoms with Crippen molar-refractivity contribution < 1.29 is 79.0 Å². The van der Waals surface area contributed by atoms with E-state index in [0.29, 0.717) is 51.7 Å². The van der Waals surface area contributed by atoms with Crippen LogP contribution in [0, 0.1) is 0 Å². The molecule has 6 aromatic carbocycles. The first-order valence-corrected chi connectivity index (χ1v) is 18.3. The predicted molar refractivity (Wildman–Crippen MR) is 199 cm³/mol. The van der Waals surface area contributed by atoms with Gasteiger partial charge in [-0.2, -0.15) is 13.5 Å². The van der Waals surface area contributed by atoms with Gasteiger partial charge in [0.05, 0.1) is 41.8 Å². The zero-order chi connectivity index (χ0) is 39.0. The Labute approximate surface area is 336 Å². The number of benzene rings is 6. The Bertz CT molecular complexity index is 2520. The number of phenols is 2. The quantitative estimate of drug-likeness (QED) is 0.0101. The number of nitrogens with one attached hydrogen (secondary N) is 1. The number of methoxy groups -OCH3 is 1. The number of azo groups is 2. The van der Waals surface area contributed by atoms with Crippen LogP contribution >= 0.6 is 24.1 Å². The van der Waals surface area contributed by atoms with Gasteiger partial charge in [-0.1, -0.05) is 34.3 Å². The molecule has 1 radical (unpaired) electrons. The molecule has 0 aliphatic carbocycles. The van der Waals surface area contributed by atoms with Crippen molar-refractivity contribution in [3.05, 3.63) is 97.1 Å². The molecule has 0 unspecified atom stereocenters. The van der Waals surface area contributed by atoms with E-state index in [-0.39, 0.29) is 73.2 Å². The third-order valence-corrected chi connectivity index (χ3v) is 9.65. The molecular formula is C34H27CuN5O13S3. The molecule has 6 rings (SSSR count). The molecule has 295 valence electrons. The van der Waals surface area contributed by atoms with Crippen LogP contribution in [0.4, 0.5) is 28.4 Å². The predicted octanol–water partition coefficient (Wildman–Crippen LogP) is 9.79. The van der Waals surface area contributed by atoms with E-state index >= 15 is 0 Å². The number of fused-ring (bicyclic) bond motifs is 2. The van der Waals surface area contributed by atoms with Gasteiger partial charge in [-0.15, -0.1) is 24.0 Å². The van der Waals surface area contributed by atoms with Crippen molar-refractivity contribution in [1.82, 2.24) is 0 Å². The van der Waals surface area contributed by atoms with Gasteiger partial charge in [0.25, 0.3) is 10.1 Å². The van der Waals surface area contributed by atoms with Crippen molar-refractivity contribution >= 4 is 84.2 Å². The SMILES string of the molecule is COc1cc(N=Nc2c(SOOO)cc3cc(NCOc4ccccc4)ccc3c2O)c(O)cc1N=Nc1ccc2cc(SOOO)cc(S(=O)(=O)O)c2c1.[Cu]. The van der Waals surface area contributed by atoms with Gasteiger partial charge in [0.1, 0.15) is 39.2 Å². The summed E-state index contributed by atoms with van der Waals surface area (Å²) in [6.45, 7) is 0.173. The monoisotopic (exact) mass is 872 g/mol. The van der Waals surface area contributed by atoms with Crippen LogP contribution in [-0.2, 0) is 45.9 Å². The van der Waals surface area contributed by atoms with E-state index in [0.717, 1.165) is 6.07 Å². The topological polar surface area (TPSA) is 252 Å². The largest absolute Gasteiger partial charge is 0.506 e. The molecule has 18 nitrogen and oxygen atoms in total. The second-order valence-corrected chi connectivity index (χ2v) is 13.9. The summed E-state index contributed by atoms with van der Waals surface area (Å²) in [5, 5.41) is 67.8. The van der Waals surface area contributed by atoms with Crippen LogP contribution in [0.25, 0.3) is 21.5 Å². The van der Waals surface area contributed by atoms with Crippen LogP contribution in [0.3, 0.4) is 0 Å². The van der Waals surface area contributed by atoms with Gasteiger partial charge < -0.3 is 25.0 Å². The normalized spacial score (nSPS) is 11.7. The molecule has 0 fully saturated rings. The van der Waals surface area contributed by atoms with E-state index < -0.39 is 20.8 Å². The minimum absolute atomic E-state index is 0. The number of rotatable bonds is 16. The molecule has 22 heteroatoms. The molecule has 0 aromatic heterocycles. The maximum absolute atomic E-state index is 12.2. The van der Waals surface area contributed by atoms with Crippen LogP contribution in [0.2, 0.25) is 0 Å². The second kappa shape index (κ2) is 19.2. The van der Waals surface area contributed by atoms with Crippen molar-refractivity contribution in [2.24, 2.45) is 20.5 Å². The molecule has 56 heavy (non-hydrogen) atoms. The van der Waals surface area contributed by atoms with Crippen molar-refractivity contribution in [3.8, 4) is 23.0 Å². The Balaban J connectivity index is 0.00000600. The van der Waals surface area contributed by atoms with Gasteiger partial charge in [0.15, 0.2) is 12.5 Å². The fraction of sp³-hybridized carbons (Fsp3) is 0.0588. The maximum atomic E-state index is 12.2. The van der Waals surface area contributed by atoms with E-state index in [9.17, 15) is 23.2 Å². The fourth-order valence-electron chi connectivity index (χ4n) is 5.14. The summed E-state index contributed by atoms with van der Waals surface area (Å²) in [4.78, 5) is -0.0728. The number of anilines is 1. The Morgan fingerprint density at radius 3 is 2.23 bits per heavy atom. The molecule has 0 heterocycles. The minimum atomic E-state index is -4.71. The van der Waals surface area contributed by atoms with Crippen LogP contribution in [0.5, 0.6) is 23.0 Å². The number of phenolic OH excluding ortho intramolecular Hbond substituents is 2. The van der Waals surface area contributed by atoms with Gasteiger partial charge in [0.2, 0.25) is 0 Å². The average molecular weight is 873 g/mol. The Morgan fingerprint density at radius 1 is 0.750 bits per heavy atom. The van der Waals surface area contributed by atoms with Gasteiger partial charge in [-0.25, -0.2) is 10.5 Å². The smallest absolute Gasteiger partial charge is 0.295 e. The van der Waals surface area contributed by atoms with E-state index in [1.54, 1.807) is 24.3 Å². The first-order chi connectivity index (χ1) is 26.6. The average Bonchev–Trinajstić information content (AvgIpc) is 3.18.